The van der Waals surface area contributed by atoms with Crippen LogP contribution in [-0.2, 0) is 33.5 Å². The van der Waals surface area contributed by atoms with Crippen molar-refractivity contribution in [2.24, 2.45) is 5.16 Å². The molecule has 13 nitrogen and oxygen atoms in total. The first kappa shape index (κ1) is 28.4. The fourth-order valence-corrected chi connectivity index (χ4v) is 5.44. The minimum atomic E-state index is -1.24. The number of carbonyl (C=O) groups is 4. The summed E-state index contributed by atoms with van der Waals surface area (Å²) in [4.78, 5) is 60.0. The minimum absolute atomic E-state index is 0.0271. The number of ether oxygens (including phenoxy) is 2. The number of anilines is 1. The predicted octanol–water partition coefficient (Wildman–Crippen LogP) is 0.953. The van der Waals surface area contributed by atoms with Crippen LogP contribution < -0.4 is 11.1 Å². The van der Waals surface area contributed by atoms with Crippen LogP contribution in [0.1, 0.15) is 39.3 Å². The van der Waals surface area contributed by atoms with Gasteiger partial charge in [0.2, 0.25) is 0 Å². The van der Waals surface area contributed by atoms with Gasteiger partial charge in [0.25, 0.3) is 11.8 Å². The van der Waals surface area contributed by atoms with Gasteiger partial charge in [-0.15, -0.1) is 23.1 Å². The zero-order valence-corrected chi connectivity index (χ0v) is 22.4. The van der Waals surface area contributed by atoms with Gasteiger partial charge in [0, 0.05) is 24.7 Å². The molecule has 1 aromatic heterocycles. The highest BCUT2D eigenvalue weighted by Crippen LogP contribution is 2.40. The molecule has 0 radical (unpaired) electrons. The standard InChI is InChI=1S/C22H29N5O8S2/c1-22(2,3)35-13(28)6-5-7-34-26-14(12-10-37-21(23)24-12)17(29)25-15-18(30)27-16(20(31)32)11(8-33-4)9-36-19(15)27/h10,15,19H,5-9H2,1-4H3,(H2,23,24)(H,25,29)(H,31,32)/b26-14-/t15?,19-/m1/s1. The number of nitrogens with one attached hydrogen (secondary N) is 1. The maximum Gasteiger partial charge on any atom is 0.352 e. The Morgan fingerprint density at radius 2 is 2.08 bits per heavy atom. The van der Waals surface area contributed by atoms with E-state index in [9.17, 15) is 24.3 Å². The Bertz CT molecular complexity index is 1130. The molecule has 1 saturated heterocycles. The number of carbonyl (C=O) groups excluding carboxylic acids is 3. The Hall–Kier alpha value is -3.17. The van der Waals surface area contributed by atoms with Gasteiger partial charge in [-0.25, -0.2) is 9.78 Å². The molecule has 15 heteroatoms. The smallest absolute Gasteiger partial charge is 0.352 e. The molecular formula is C22H29N5O8S2. The molecule has 0 spiro atoms. The number of amides is 2. The minimum Gasteiger partial charge on any atom is -0.477 e. The van der Waals surface area contributed by atoms with Crippen LogP contribution in [-0.4, -0.2) is 87.5 Å². The third-order valence-electron chi connectivity index (χ3n) is 5.03. The van der Waals surface area contributed by atoms with Crippen LogP contribution in [0.2, 0.25) is 0 Å². The number of hydrogen-bond acceptors (Lipinski definition) is 12. The van der Waals surface area contributed by atoms with Crippen molar-refractivity contribution in [1.82, 2.24) is 15.2 Å². The van der Waals surface area contributed by atoms with Crippen LogP contribution in [0.25, 0.3) is 0 Å². The summed E-state index contributed by atoms with van der Waals surface area (Å²) in [7, 11) is 1.44. The van der Waals surface area contributed by atoms with E-state index in [4.69, 9.17) is 20.0 Å². The molecule has 2 amide bonds. The second-order valence-electron chi connectivity index (χ2n) is 9.09. The average Bonchev–Trinajstić information content (AvgIpc) is 3.23. The van der Waals surface area contributed by atoms with E-state index in [1.807, 2.05) is 0 Å². The Balaban J connectivity index is 1.66. The second kappa shape index (κ2) is 11.9. The van der Waals surface area contributed by atoms with E-state index < -0.39 is 34.8 Å². The third-order valence-corrected chi connectivity index (χ3v) is 7.04. The number of thiazole rings is 1. The van der Waals surface area contributed by atoms with Crippen molar-refractivity contribution in [2.75, 3.05) is 31.8 Å². The normalized spacial score (nSPS) is 19.7. The van der Waals surface area contributed by atoms with Gasteiger partial charge in [0.1, 0.15) is 35.0 Å². The van der Waals surface area contributed by atoms with Crippen LogP contribution in [0.5, 0.6) is 0 Å². The van der Waals surface area contributed by atoms with Gasteiger partial charge >= 0.3 is 11.9 Å². The summed E-state index contributed by atoms with van der Waals surface area (Å²) in [5.41, 5.74) is 5.41. The van der Waals surface area contributed by atoms with E-state index in [0.29, 0.717) is 17.7 Å². The molecule has 4 N–H and O–H groups in total. The lowest BCUT2D eigenvalue weighted by molar-refractivity contribution is -0.155. The highest BCUT2D eigenvalue weighted by atomic mass is 32.2. The summed E-state index contributed by atoms with van der Waals surface area (Å²) < 4.78 is 10.3. The summed E-state index contributed by atoms with van der Waals surface area (Å²) >= 11 is 2.41. The maximum atomic E-state index is 13.1. The lowest BCUT2D eigenvalue weighted by Gasteiger charge is -2.49. The van der Waals surface area contributed by atoms with Gasteiger partial charge in [0.15, 0.2) is 10.8 Å². The van der Waals surface area contributed by atoms with Crippen LogP contribution >= 0.6 is 23.1 Å². The first-order chi connectivity index (χ1) is 17.4. The van der Waals surface area contributed by atoms with Crippen molar-refractivity contribution in [2.45, 2.75) is 50.6 Å². The Labute approximate surface area is 221 Å². The largest absolute Gasteiger partial charge is 0.477 e. The molecule has 3 rings (SSSR count). The van der Waals surface area contributed by atoms with E-state index in [1.165, 1.54) is 24.3 Å². The molecule has 1 aromatic rings. The molecular weight excluding hydrogens is 526 g/mol. The molecule has 2 aliphatic heterocycles. The Morgan fingerprint density at radius 3 is 2.68 bits per heavy atom. The molecule has 2 atom stereocenters. The Morgan fingerprint density at radius 1 is 1.35 bits per heavy atom. The molecule has 202 valence electrons. The molecule has 0 aromatic carbocycles. The fourth-order valence-electron chi connectivity index (χ4n) is 3.56. The topological polar surface area (TPSA) is 183 Å². The highest BCUT2D eigenvalue weighted by molar-refractivity contribution is 8.00. The molecule has 2 aliphatic rings. The number of fused-ring (bicyclic) bond motifs is 1. The number of aromatic nitrogens is 1. The maximum absolute atomic E-state index is 13.1. The third kappa shape index (κ3) is 6.99. The number of oxime groups is 1. The molecule has 3 heterocycles. The van der Waals surface area contributed by atoms with Crippen LogP contribution in [0.3, 0.4) is 0 Å². The van der Waals surface area contributed by atoms with Crippen molar-refractivity contribution in [3.05, 3.63) is 22.3 Å². The zero-order chi connectivity index (χ0) is 27.3. The number of carboxylic acid groups (broad SMARTS) is 1. The molecule has 0 bridgehead atoms. The van der Waals surface area contributed by atoms with Gasteiger partial charge in [-0.3, -0.25) is 19.3 Å². The van der Waals surface area contributed by atoms with E-state index >= 15 is 0 Å². The number of nitrogens with two attached hydrogens (primary N) is 1. The van der Waals surface area contributed by atoms with E-state index in [0.717, 1.165) is 16.2 Å². The first-order valence-corrected chi connectivity index (χ1v) is 13.2. The molecule has 0 aliphatic carbocycles. The van der Waals surface area contributed by atoms with Crippen molar-refractivity contribution >= 4 is 57.7 Å². The zero-order valence-electron chi connectivity index (χ0n) is 20.8. The number of nitrogen functional groups attached to an aromatic ring is 1. The van der Waals surface area contributed by atoms with E-state index in [-0.39, 0.29) is 47.8 Å². The molecule has 0 saturated carbocycles. The predicted molar refractivity (Wildman–Crippen MR) is 136 cm³/mol. The summed E-state index contributed by atoms with van der Waals surface area (Å²) in [5.74, 6) is -2.59. The number of nitrogens with zero attached hydrogens (tertiary/aromatic N) is 3. The number of methoxy groups -OCH3 is 1. The quantitative estimate of drug-likeness (QED) is 0.116. The number of carboxylic acids is 1. The van der Waals surface area contributed by atoms with Gasteiger partial charge in [0.05, 0.1) is 6.61 Å². The summed E-state index contributed by atoms with van der Waals surface area (Å²) in [6.45, 7) is 5.41. The van der Waals surface area contributed by atoms with E-state index in [1.54, 1.807) is 20.8 Å². The average molecular weight is 556 g/mol. The van der Waals surface area contributed by atoms with Gasteiger partial charge in [-0.05, 0) is 32.8 Å². The van der Waals surface area contributed by atoms with Crippen molar-refractivity contribution in [1.29, 1.82) is 0 Å². The highest BCUT2D eigenvalue weighted by Gasteiger charge is 2.54. The second-order valence-corrected chi connectivity index (χ2v) is 11.1. The van der Waals surface area contributed by atoms with Crippen molar-refractivity contribution < 1.29 is 38.6 Å². The number of thioether (sulfide) groups is 1. The summed E-state index contributed by atoms with van der Waals surface area (Å²) in [6.07, 6.45) is 0.406. The van der Waals surface area contributed by atoms with Crippen LogP contribution in [0.4, 0.5) is 5.13 Å². The van der Waals surface area contributed by atoms with Crippen molar-refractivity contribution in [3.8, 4) is 0 Å². The number of esters is 1. The van der Waals surface area contributed by atoms with Crippen molar-refractivity contribution in [3.63, 3.8) is 0 Å². The number of rotatable bonds is 11. The van der Waals surface area contributed by atoms with Crippen LogP contribution in [0.15, 0.2) is 21.8 Å². The molecule has 37 heavy (non-hydrogen) atoms. The first-order valence-electron chi connectivity index (χ1n) is 11.3. The van der Waals surface area contributed by atoms with Gasteiger partial charge in [-0.1, -0.05) is 5.16 Å². The summed E-state index contributed by atoms with van der Waals surface area (Å²) in [6, 6.07) is -0.968. The van der Waals surface area contributed by atoms with E-state index in [2.05, 4.69) is 15.5 Å². The number of β-lactam (4-membered cyclic amide) rings is 1. The molecule has 1 unspecified atom stereocenters. The summed E-state index contributed by atoms with van der Waals surface area (Å²) in [5, 5.41) is 17.2. The fraction of sp³-hybridized carbons (Fsp3) is 0.545. The lowest BCUT2D eigenvalue weighted by Crippen LogP contribution is -2.71. The SMILES string of the molecule is COCC1=C(C(=O)O)N2C(=O)C(NC(=O)/C(=N\OCCCC(=O)OC(C)(C)C)c3csc(N)n3)[C@H]2SC1. The molecule has 1 fully saturated rings. The Kier molecular flexibility index (Phi) is 9.15. The monoisotopic (exact) mass is 555 g/mol. The van der Waals surface area contributed by atoms with Gasteiger partial charge in [-0.2, -0.15) is 0 Å². The van der Waals surface area contributed by atoms with Crippen LogP contribution in [0, 0.1) is 0 Å². The van der Waals surface area contributed by atoms with Gasteiger partial charge < -0.3 is 30.5 Å². The number of aliphatic carboxylic acids is 1. The number of hydrogen-bond donors (Lipinski definition) is 3. The lowest BCUT2D eigenvalue weighted by atomic mass is 10.0.